The first-order valence-electron chi connectivity index (χ1n) is 13.3. The highest BCUT2D eigenvalue weighted by molar-refractivity contribution is 5.93. The Hall–Kier alpha value is -4.02. The Labute approximate surface area is 228 Å². The highest BCUT2D eigenvalue weighted by atomic mass is 16.6. The monoisotopic (exact) mass is 535 g/mol. The van der Waals surface area contributed by atoms with Gasteiger partial charge in [-0.2, -0.15) is 4.80 Å². The van der Waals surface area contributed by atoms with E-state index in [1.807, 2.05) is 58.0 Å². The van der Waals surface area contributed by atoms with E-state index in [1.54, 1.807) is 18.0 Å². The molecule has 2 heterocycles. The summed E-state index contributed by atoms with van der Waals surface area (Å²) in [7, 11) is 1.61. The van der Waals surface area contributed by atoms with Crippen molar-refractivity contribution in [2.24, 2.45) is 5.92 Å². The van der Waals surface area contributed by atoms with Crippen LogP contribution in [0, 0.1) is 12.8 Å². The number of methoxy groups -OCH3 is 1. The molecule has 0 spiro atoms. The Kier molecular flexibility index (Phi) is 8.78. The fraction of sp³-hybridized carbons (Fsp3) is 0.500. The van der Waals surface area contributed by atoms with Crippen LogP contribution in [0.3, 0.4) is 0 Å². The van der Waals surface area contributed by atoms with Gasteiger partial charge in [0.05, 0.1) is 13.7 Å². The first-order valence-corrected chi connectivity index (χ1v) is 13.3. The van der Waals surface area contributed by atoms with Crippen LogP contribution in [0.4, 0.5) is 4.79 Å². The zero-order chi connectivity index (χ0) is 28.0. The van der Waals surface area contributed by atoms with Crippen LogP contribution in [-0.4, -0.2) is 55.9 Å². The molecule has 1 aromatic carbocycles. The van der Waals surface area contributed by atoms with Gasteiger partial charge in [-0.05, 0) is 94.3 Å². The Morgan fingerprint density at radius 2 is 1.87 bits per heavy atom. The second-order valence-corrected chi connectivity index (χ2v) is 10.9. The molecule has 0 atom stereocenters. The predicted octanol–water partition coefficient (Wildman–Crippen LogP) is 4.07. The van der Waals surface area contributed by atoms with Crippen molar-refractivity contribution in [3.8, 4) is 17.1 Å². The third-order valence-electron chi connectivity index (χ3n) is 6.47. The van der Waals surface area contributed by atoms with Crippen molar-refractivity contribution in [3.05, 3.63) is 53.3 Å². The van der Waals surface area contributed by atoms with Gasteiger partial charge in [0.1, 0.15) is 17.0 Å². The minimum Gasteiger partial charge on any atom is -0.497 e. The van der Waals surface area contributed by atoms with Crippen LogP contribution in [-0.2, 0) is 17.8 Å². The van der Waals surface area contributed by atoms with Gasteiger partial charge in [0, 0.05) is 23.8 Å². The van der Waals surface area contributed by atoms with Crippen molar-refractivity contribution in [3.63, 3.8) is 0 Å². The molecule has 39 heavy (non-hydrogen) atoms. The molecule has 11 nitrogen and oxygen atoms in total. The van der Waals surface area contributed by atoms with Crippen molar-refractivity contribution < 1.29 is 19.1 Å². The molecule has 4 rings (SSSR count). The minimum absolute atomic E-state index is 0.114. The summed E-state index contributed by atoms with van der Waals surface area (Å²) in [5, 5.41) is 18.9. The van der Waals surface area contributed by atoms with Crippen molar-refractivity contribution >= 4 is 12.0 Å². The Balaban J connectivity index is 1.32. The second kappa shape index (κ2) is 12.2. The van der Waals surface area contributed by atoms with E-state index in [2.05, 4.69) is 31.0 Å². The summed E-state index contributed by atoms with van der Waals surface area (Å²) in [5.74, 6) is 1.28. The van der Waals surface area contributed by atoms with E-state index in [0.29, 0.717) is 41.8 Å². The summed E-state index contributed by atoms with van der Waals surface area (Å²) in [6.45, 7) is 8.40. The van der Waals surface area contributed by atoms with Crippen molar-refractivity contribution in [2.45, 2.75) is 78.1 Å². The summed E-state index contributed by atoms with van der Waals surface area (Å²) in [5.41, 5.74) is 2.08. The number of aromatic nitrogens is 5. The molecule has 1 saturated carbocycles. The number of nitrogens with zero attached hydrogens (tertiary/aromatic N) is 5. The van der Waals surface area contributed by atoms with Crippen LogP contribution >= 0.6 is 0 Å². The molecule has 1 aliphatic rings. The molecule has 0 radical (unpaired) electrons. The van der Waals surface area contributed by atoms with Gasteiger partial charge in [0.2, 0.25) is 5.82 Å². The SMILES string of the molecule is COc1cccc(CNC(=O)c2cc(-c3nnn(CC4CCC(NC(=O)OC(C)(C)C)CC4)n3)cc(C)n2)c1. The average molecular weight is 536 g/mol. The topological polar surface area (TPSA) is 133 Å². The van der Waals surface area contributed by atoms with Crippen LogP contribution in [0.5, 0.6) is 5.75 Å². The minimum atomic E-state index is -0.507. The lowest BCUT2D eigenvalue weighted by atomic mass is 9.86. The maximum atomic E-state index is 12.8. The van der Waals surface area contributed by atoms with Gasteiger partial charge in [-0.25, -0.2) is 9.78 Å². The lowest BCUT2D eigenvalue weighted by molar-refractivity contribution is 0.0485. The summed E-state index contributed by atoms with van der Waals surface area (Å²) >= 11 is 0. The van der Waals surface area contributed by atoms with Crippen LogP contribution in [0.1, 0.15) is 68.2 Å². The number of rotatable bonds is 8. The molecule has 11 heteroatoms. The molecule has 2 aromatic heterocycles. The van der Waals surface area contributed by atoms with E-state index >= 15 is 0 Å². The summed E-state index contributed by atoms with van der Waals surface area (Å²) in [4.78, 5) is 30.9. The average Bonchev–Trinajstić information content (AvgIpc) is 3.35. The number of ether oxygens (including phenoxy) is 2. The quantitative estimate of drug-likeness (QED) is 0.441. The fourth-order valence-corrected chi connectivity index (χ4v) is 4.60. The number of nitrogens with one attached hydrogen (secondary N) is 2. The molecular formula is C28H37N7O4. The van der Waals surface area contributed by atoms with Crippen LogP contribution in [0.2, 0.25) is 0 Å². The maximum Gasteiger partial charge on any atom is 0.407 e. The van der Waals surface area contributed by atoms with E-state index in [4.69, 9.17) is 9.47 Å². The van der Waals surface area contributed by atoms with Gasteiger partial charge < -0.3 is 20.1 Å². The number of hydrogen-bond acceptors (Lipinski definition) is 8. The van der Waals surface area contributed by atoms with E-state index in [-0.39, 0.29) is 18.0 Å². The number of carbonyl (C=O) groups excluding carboxylic acids is 2. The number of tetrazole rings is 1. The van der Waals surface area contributed by atoms with E-state index < -0.39 is 5.60 Å². The molecular weight excluding hydrogens is 498 g/mol. The lowest BCUT2D eigenvalue weighted by Crippen LogP contribution is -2.41. The van der Waals surface area contributed by atoms with Gasteiger partial charge in [0.25, 0.3) is 5.91 Å². The number of alkyl carbamates (subject to hydrolysis) is 1. The molecule has 1 fully saturated rings. The van der Waals surface area contributed by atoms with Gasteiger partial charge in [0.15, 0.2) is 0 Å². The number of carbonyl (C=O) groups is 2. The summed E-state index contributed by atoms with van der Waals surface area (Å²) < 4.78 is 10.6. The van der Waals surface area contributed by atoms with Crippen LogP contribution < -0.4 is 15.4 Å². The van der Waals surface area contributed by atoms with Crippen molar-refractivity contribution in [2.75, 3.05) is 7.11 Å². The normalized spacial score (nSPS) is 17.4. The highest BCUT2D eigenvalue weighted by Crippen LogP contribution is 2.26. The zero-order valence-corrected chi connectivity index (χ0v) is 23.2. The first-order chi connectivity index (χ1) is 18.6. The molecule has 3 aromatic rings. The second-order valence-electron chi connectivity index (χ2n) is 10.9. The highest BCUT2D eigenvalue weighted by Gasteiger charge is 2.25. The Morgan fingerprint density at radius 1 is 1.10 bits per heavy atom. The third kappa shape index (κ3) is 8.23. The first kappa shape index (κ1) is 28.0. The smallest absolute Gasteiger partial charge is 0.407 e. The van der Waals surface area contributed by atoms with E-state index in [9.17, 15) is 9.59 Å². The standard InChI is InChI=1S/C28H37N7O4/c1-18-13-21(15-24(30-18)26(36)29-16-20-7-6-8-23(14-20)38-5)25-32-34-35(33-25)17-19-9-11-22(12-10-19)31-27(37)39-28(2,3)4/h6-8,13-15,19,22H,9-12,16-17H2,1-5H3,(H,29,36)(H,31,37). The molecule has 0 unspecified atom stereocenters. The zero-order valence-electron chi connectivity index (χ0n) is 23.2. The molecule has 208 valence electrons. The number of pyridine rings is 1. The van der Waals surface area contributed by atoms with Gasteiger partial charge in [-0.1, -0.05) is 12.1 Å². The van der Waals surface area contributed by atoms with E-state index in [1.165, 1.54) is 0 Å². The predicted molar refractivity (Wildman–Crippen MR) is 145 cm³/mol. The lowest BCUT2D eigenvalue weighted by Gasteiger charge is -2.29. The van der Waals surface area contributed by atoms with Crippen molar-refractivity contribution in [1.29, 1.82) is 0 Å². The molecule has 0 bridgehead atoms. The summed E-state index contributed by atoms with van der Waals surface area (Å²) in [6.07, 6.45) is 3.29. The largest absolute Gasteiger partial charge is 0.497 e. The van der Waals surface area contributed by atoms with Gasteiger partial charge in [-0.15, -0.1) is 10.2 Å². The Bertz CT molecular complexity index is 1290. The molecule has 2 amide bonds. The third-order valence-corrected chi connectivity index (χ3v) is 6.47. The maximum absolute atomic E-state index is 12.8. The molecule has 0 saturated heterocycles. The number of aryl methyl sites for hydroxylation is 1. The van der Waals surface area contributed by atoms with Crippen molar-refractivity contribution in [1.82, 2.24) is 35.8 Å². The Morgan fingerprint density at radius 3 is 2.59 bits per heavy atom. The number of benzene rings is 1. The van der Waals surface area contributed by atoms with Crippen LogP contribution in [0.25, 0.3) is 11.4 Å². The summed E-state index contributed by atoms with van der Waals surface area (Å²) in [6, 6.07) is 11.2. The number of amides is 2. The molecule has 1 aliphatic carbocycles. The molecule has 2 N–H and O–H groups in total. The van der Waals surface area contributed by atoms with Gasteiger partial charge in [-0.3, -0.25) is 4.79 Å². The van der Waals surface area contributed by atoms with E-state index in [0.717, 1.165) is 37.0 Å². The molecule has 0 aliphatic heterocycles. The number of hydrogen-bond donors (Lipinski definition) is 2. The van der Waals surface area contributed by atoms with Gasteiger partial charge >= 0.3 is 6.09 Å². The fourth-order valence-electron chi connectivity index (χ4n) is 4.60. The van der Waals surface area contributed by atoms with Crippen LogP contribution in [0.15, 0.2) is 36.4 Å².